The van der Waals surface area contributed by atoms with Gasteiger partial charge in [-0.25, -0.2) is 0 Å². The van der Waals surface area contributed by atoms with Crippen molar-refractivity contribution in [3.05, 3.63) is 12.2 Å². The molecule has 4 nitrogen and oxygen atoms in total. The van der Waals surface area contributed by atoms with Crippen LogP contribution in [0.1, 0.15) is 194 Å². The Bertz CT molecular complexity index is 557. The zero-order valence-electron chi connectivity index (χ0n) is 26.2. The summed E-state index contributed by atoms with van der Waals surface area (Å²) in [6.45, 7) is 4.47. The number of hydrogen-bond donors (Lipinski definition) is 1. The number of unbranched alkanes of at least 4 members (excludes halogenated alkanes) is 22. The Morgan fingerprint density at radius 1 is 0.564 bits per heavy atom. The molecule has 0 aromatic rings. The smallest absolute Gasteiger partial charge is 0.306 e. The van der Waals surface area contributed by atoms with Gasteiger partial charge in [0.25, 0.3) is 0 Å². The second-order valence-corrected chi connectivity index (χ2v) is 11.7. The summed E-state index contributed by atoms with van der Waals surface area (Å²) in [4.78, 5) is 23.0. The maximum Gasteiger partial charge on any atom is 0.306 e. The van der Waals surface area contributed by atoms with Gasteiger partial charge in [0.2, 0.25) is 0 Å². The van der Waals surface area contributed by atoms with Gasteiger partial charge < -0.3 is 9.84 Å². The summed E-state index contributed by atoms with van der Waals surface area (Å²) >= 11 is 0. The largest absolute Gasteiger partial charge is 0.481 e. The molecule has 0 radical (unpaired) electrons. The van der Waals surface area contributed by atoms with E-state index in [0.29, 0.717) is 6.42 Å². The first-order chi connectivity index (χ1) is 19.1. The summed E-state index contributed by atoms with van der Waals surface area (Å²) in [5.41, 5.74) is 0. The molecule has 1 atom stereocenters. The summed E-state index contributed by atoms with van der Waals surface area (Å²) in [5.74, 6) is -0.789. The zero-order chi connectivity index (χ0) is 28.7. The number of allylic oxidation sites excluding steroid dienone is 1. The molecule has 0 amide bonds. The molecule has 230 valence electrons. The minimum absolute atomic E-state index is 0.0671. The zero-order valence-corrected chi connectivity index (χ0v) is 26.2. The van der Waals surface area contributed by atoms with Crippen LogP contribution in [0.25, 0.3) is 0 Å². The van der Waals surface area contributed by atoms with Crippen molar-refractivity contribution in [1.82, 2.24) is 0 Å². The maximum absolute atomic E-state index is 12.4. The van der Waals surface area contributed by atoms with Crippen molar-refractivity contribution in [3.63, 3.8) is 0 Å². The van der Waals surface area contributed by atoms with Crippen molar-refractivity contribution in [2.45, 2.75) is 200 Å². The van der Waals surface area contributed by atoms with Crippen LogP contribution in [-0.2, 0) is 14.3 Å². The Balaban J connectivity index is 3.69. The predicted molar refractivity (Wildman–Crippen MR) is 167 cm³/mol. The average Bonchev–Trinajstić information content (AvgIpc) is 2.92. The Morgan fingerprint density at radius 2 is 0.974 bits per heavy atom. The summed E-state index contributed by atoms with van der Waals surface area (Å²) in [5, 5.41) is 8.75. The van der Waals surface area contributed by atoms with Gasteiger partial charge in [0, 0.05) is 12.8 Å². The molecule has 0 heterocycles. The van der Waals surface area contributed by atoms with Crippen LogP contribution in [-0.4, -0.2) is 23.1 Å². The molecule has 0 saturated heterocycles. The van der Waals surface area contributed by atoms with Crippen LogP contribution in [0.4, 0.5) is 0 Å². The van der Waals surface area contributed by atoms with Crippen molar-refractivity contribution >= 4 is 11.9 Å². The predicted octanol–water partition coefficient (Wildman–Crippen LogP) is 11.5. The van der Waals surface area contributed by atoms with E-state index in [-0.39, 0.29) is 18.5 Å². The van der Waals surface area contributed by atoms with E-state index in [1.54, 1.807) is 0 Å². The van der Waals surface area contributed by atoms with E-state index < -0.39 is 5.97 Å². The van der Waals surface area contributed by atoms with E-state index in [1.807, 2.05) is 0 Å². The highest BCUT2D eigenvalue weighted by atomic mass is 16.5. The molecule has 0 aliphatic rings. The lowest BCUT2D eigenvalue weighted by molar-refractivity contribution is -0.147. The summed E-state index contributed by atoms with van der Waals surface area (Å²) in [6, 6.07) is 0. The highest BCUT2D eigenvalue weighted by Gasteiger charge is 2.11. The van der Waals surface area contributed by atoms with Crippen molar-refractivity contribution in [3.8, 4) is 0 Å². The molecule has 0 aromatic heterocycles. The van der Waals surface area contributed by atoms with E-state index in [9.17, 15) is 9.59 Å². The summed E-state index contributed by atoms with van der Waals surface area (Å²) in [6.07, 6.45) is 36.9. The molecule has 0 spiro atoms. The number of esters is 1. The Morgan fingerprint density at radius 3 is 1.44 bits per heavy atom. The molecular weight excluding hydrogens is 484 g/mol. The SMILES string of the molecule is CCCC/C=C\C(CCCCCCC(=O)O)OC(=O)CCCCCCCCCCCCCCCCCCCC. The number of carboxylic acid groups (broad SMARTS) is 1. The van der Waals surface area contributed by atoms with E-state index in [4.69, 9.17) is 9.84 Å². The van der Waals surface area contributed by atoms with Gasteiger partial charge in [-0.05, 0) is 38.2 Å². The lowest BCUT2D eigenvalue weighted by atomic mass is 10.0. The fraction of sp³-hybridized carbons (Fsp3) is 0.886. The van der Waals surface area contributed by atoms with Crippen molar-refractivity contribution in [2.75, 3.05) is 0 Å². The van der Waals surface area contributed by atoms with Crippen molar-refractivity contribution in [1.29, 1.82) is 0 Å². The number of rotatable bonds is 31. The minimum Gasteiger partial charge on any atom is -0.481 e. The van der Waals surface area contributed by atoms with E-state index in [1.165, 1.54) is 103 Å². The molecule has 1 N–H and O–H groups in total. The van der Waals surface area contributed by atoms with Crippen LogP contribution in [0.15, 0.2) is 12.2 Å². The second-order valence-electron chi connectivity index (χ2n) is 11.7. The second kappa shape index (κ2) is 31.2. The van der Waals surface area contributed by atoms with Gasteiger partial charge in [-0.1, -0.05) is 155 Å². The van der Waals surface area contributed by atoms with Gasteiger partial charge >= 0.3 is 11.9 Å². The van der Waals surface area contributed by atoms with Gasteiger partial charge in [-0.3, -0.25) is 9.59 Å². The number of carbonyl (C=O) groups excluding carboxylic acids is 1. The Labute approximate surface area is 243 Å². The van der Waals surface area contributed by atoms with Crippen molar-refractivity contribution in [2.24, 2.45) is 0 Å². The molecule has 0 aliphatic heterocycles. The highest BCUT2D eigenvalue weighted by Crippen LogP contribution is 2.16. The number of ether oxygens (including phenoxy) is 1. The van der Waals surface area contributed by atoms with E-state index in [0.717, 1.165) is 64.2 Å². The molecule has 0 aromatic carbocycles. The molecule has 4 heteroatoms. The molecule has 0 fully saturated rings. The normalized spacial score (nSPS) is 12.3. The number of carboxylic acids is 1. The highest BCUT2D eigenvalue weighted by molar-refractivity contribution is 5.69. The molecule has 0 bridgehead atoms. The Hall–Kier alpha value is -1.32. The summed E-state index contributed by atoms with van der Waals surface area (Å²) in [7, 11) is 0. The lowest BCUT2D eigenvalue weighted by Crippen LogP contribution is -2.16. The first-order valence-electron chi connectivity index (χ1n) is 17.2. The molecule has 1 unspecified atom stereocenters. The molecule has 0 saturated carbocycles. The first-order valence-corrected chi connectivity index (χ1v) is 17.2. The third-order valence-corrected chi connectivity index (χ3v) is 7.72. The molecule has 0 aliphatic carbocycles. The minimum atomic E-state index is -0.722. The van der Waals surface area contributed by atoms with Gasteiger partial charge in [-0.2, -0.15) is 0 Å². The molecular formula is C35H66O4. The first kappa shape index (κ1) is 37.7. The Kier molecular flexibility index (Phi) is 30.2. The fourth-order valence-corrected chi connectivity index (χ4v) is 5.14. The van der Waals surface area contributed by atoms with Crippen LogP contribution in [0.2, 0.25) is 0 Å². The van der Waals surface area contributed by atoms with E-state index >= 15 is 0 Å². The molecule has 0 rings (SSSR count). The molecule has 39 heavy (non-hydrogen) atoms. The van der Waals surface area contributed by atoms with Gasteiger partial charge in [-0.15, -0.1) is 0 Å². The lowest BCUT2D eigenvalue weighted by Gasteiger charge is -2.15. The van der Waals surface area contributed by atoms with Gasteiger partial charge in [0.1, 0.15) is 6.10 Å². The number of aliphatic carboxylic acids is 1. The third kappa shape index (κ3) is 31.1. The van der Waals surface area contributed by atoms with E-state index in [2.05, 4.69) is 26.0 Å². The van der Waals surface area contributed by atoms with Crippen LogP contribution >= 0.6 is 0 Å². The van der Waals surface area contributed by atoms with Gasteiger partial charge in [0.15, 0.2) is 0 Å². The maximum atomic E-state index is 12.4. The topological polar surface area (TPSA) is 63.6 Å². The average molecular weight is 551 g/mol. The summed E-state index contributed by atoms with van der Waals surface area (Å²) < 4.78 is 5.79. The number of hydrogen-bond acceptors (Lipinski definition) is 3. The number of carbonyl (C=O) groups is 2. The quantitative estimate of drug-likeness (QED) is 0.0529. The van der Waals surface area contributed by atoms with Crippen LogP contribution < -0.4 is 0 Å². The van der Waals surface area contributed by atoms with Crippen LogP contribution in [0, 0.1) is 0 Å². The monoisotopic (exact) mass is 550 g/mol. The van der Waals surface area contributed by atoms with Gasteiger partial charge in [0.05, 0.1) is 0 Å². The fourth-order valence-electron chi connectivity index (χ4n) is 5.14. The third-order valence-electron chi connectivity index (χ3n) is 7.72. The van der Waals surface area contributed by atoms with Crippen molar-refractivity contribution < 1.29 is 19.4 Å². The van der Waals surface area contributed by atoms with Crippen LogP contribution in [0.3, 0.4) is 0 Å². The van der Waals surface area contributed by atoms with Crippen LogP contribution in [0.5, 0.6) is 0 Å². The standard InChI is InChI=1S/C35H66O4/c1-3-5-7-9-10-11-12-13-14-15-16-17-18-19-20-21-22-28-32-35(38)39-33(29-25-8-6-4-2)30-26-23-24-27-31-34(36)37/h25,29,33H,3-24,26-28,30-32H2,1-2H3,(H,36,37)/b29-25-.